The van der Waals surface area contributed by atoms with Gasteiger partial charge in [-0.3, -0.25) is 4.79 Å². The van der Waals surface area contributed by atoms with E-state index in [1.807, 2.05) is 6.07 Å². The second-order valence-corrected chi connectivity index (χ2v) is 10.5. The van der Waals surface area contributed by atoms with Crippen LogP contribution in [0.4, 0.5) is 26.3 Å². The lowest BCUT2D eigenvalue weighted by molar-refractivity contribution is -0.329. The number of nitrogens with zero attached hydrogens (tertiary/aromatic N) is 1. The van der Waals surface area contributed by atoms with Gasteiger partial charge < -0.3 is 29.0 Å². The normalized spacial score (nSPS) is 22.4. The Labute approximate surface area is 256 Å². The number of rotatable bonds is 12. The summed E-state index contributed by atoms with van der Waals surface area (Å²) in [6, 6.07) is 19.4. The van der Waals surface area contributed by atoms with Gasteiger partial charge in [-0.25, -0.2) is 0 Å². The summed E-state index contributed by atoms with van der Waals surface area (Å²) in [7, 11) is 0. The standard InChI is InChI=1S/C32H33F6NO6/c1-21(40)39(30(31(33,34)35)32(36,37)38)26-28(44-19-24-15-9-4-10-16-24)27(43-18-23-13-7-3-8-14-23)25(45-29(26)41)20-42-17-22-11-5-2-6-12-22/h2-16,25-30,41H,17-20H2,1H3/t25-,26-,27-,28-,29-/m1/s1. The second-order valence-electron chi connectivity index (χ2n) is 10.5. The highest BCUT2D eigenvalue weighted by molar-refractivity contribution is 5.74. The minimum absolute atomic E-state index is 0.0883. The molecule has 1 N–H and O–H groups in total. The van der Waals surface area contributed by atoms with Crippen molar-refractivity contribution in [3.05, 3.63) is 108 Å². The highest BCUT2D eigenvalue weighted by atomic mass is 19.4. The van der Waals surface area contributed by atoms with Crippen LogP contribution in [0.5, 0.6) is 0 Å². The van der Waals surface area contributed by atoms with Crippen molar-refractivity contribution in [1.29, 1.82) is 0 Å². The predicted octanol–water partition coefficient (Wildman–Crippen LogP) is 5.80. The molecule has 244 valence electrons. The molecule has 1 aliphatic heterocycles. The maximum Gasteiger partial charge on any atom is 0.417 e. The van der Waals surface area contributed by atoms with Crippen LogP contribution in [0, 0.1) is 0 Å². The minimum atomic E-state index is -5.94. The van der Waals surface area contributed by atoms with E-state index >= 15 is 0 Å². The summed E-state index contributed by atoms with van der Waals surface area (Å²) in [4.78, 5) is 12.2. The molecule has 5 atom stereocenters. The number of carbonyl (C=O) groups excluding carboxylic acids is 1. The number of benzene rings is 3. The van der Waals surface area contributed by atoms with Gasteiger partial charge in [-0.05, 0) is 16.7 Å². The van der Waals surface area contributed by atoms with Crippen LogP contribution in [0.25, 0.3) is 0 Å². The highest BCUT2D eigenvalue weighted by Crippen LogP contribution is 2.41. The van der Waals surface area contributed by atoms with Crippen LogP contribution in [0.1, 0.15) is 23.6 Å². The summed E-state index contributed by atoms with van der Waals surface area (Å²) in [5.41, 5.74) is 1.96. The molecule has 4 rings (SSSR count). The van der Waals surface area contributed by atoms with E-state index in [4.69, 9.17) is 18.9 Å². The summed E-state index contributed by atoms with van der Waals surface area (Å²) in [6.45, 7) is -0.0528. The fraction of sp³-hybridized carbons (Fsp3) is 0.406. The third kappa shape index (κ3) is 9.27. The predicted molar refractivity (Wildman–Crippen MR) is 149 cm³/mol. The summed E-state index contributed by atoms with van der Waals surface area (Å²) in [5, 5.41) is 11.1. The van der Waals surface area contributed by atoms with Crippen molar-refractivity contribution in [3.8, 4) is 0 Å². The first-order valence-electron chi connectivity index (χ1n) is 14.0. The number of aliphatic hydroxyl groups is 1. The third-order valence-corrected chi connectivity index (χ3v) is 7.18. The molecule has 45 heavy (non-hydrogen) atoms. The smallest absolute Gasteiger partial charge is 0.374 e. The summed E-state index contributed by atoms with van der Waals surface area (Å²) >= 11 is 0. The van der Waals surface area contributed by atoms with Crippen LogP contribution in [-0.4, -0.2) is 71.6 Å². The number of carbonyl (C=O) groups is 1. The number of hydrogen-bond acceptors (Lipinski definition) is 6. The fourth-order valence-electron chi connectivity index (χ4n) is 5.20. The van der Waals surface area contributed by atoms with Gasteiger partial charge in [0.05, 0.1) is 26.4 Å². The molecule has 7 nitrogen and oxygen atoms in total. The van der Waals surface area contributed by atoms with E-state index in [1.165, 1.54) is 0 Å². The second kappa shape index (κ2) is 15.2. The number of amides is 1. The van der Waals surface area contributed by atoms with E-state index in [0.29, 0.717) is 18.1 Å². The van der Waals surface area contributed by atoms with Gasteiger partial charge >= 0.3 is 12.4 Å². The fourth-order valence-corrected chi connectivity index (χ4v) is 5.20. The molecule has 13 heteroatoms. The zero-order valence-electron chi connectivity index (χ0n) is 24.2. The van der Waals surface area contributed by atoms with Crippen LogP contribution in [-0.2, 0) is 43.6 Å². The Morgan fingerprint density at radius 2 is 1.18 bits per heavy atom. The Morgan fingerprint density at radius 1 is 0.756 bits per heavy atom. The SMILES string of the molecule is CC(=O)N(C(C(F)(F)F)C(F)(F)F)[C@@H]1[C@@H](OCc2ccccc2)[C@H](OCc2ccccc2)[C@@H](COCc2ccccc2)O[C@H]1O. The lowest BCUT2D eigenvalue weighted by Crippen LogP contribution is -2.71. The van der Waals surface area contributed by atoms with Gasteiger partial charge in [0.25, 0.3) is 0 Å². The lowest BCUT2D eigenvalue weighted by Gasteiger charge is -2.50. The first kappa shape index (κ1) is 34.4. The summed E-state index contributed by atoms with van der Waals surface area (Å²) in [6.07, 6.45) is -18.5. The maximum absolute atomic E-state index is 14.0. The molecular formula is C32H33F6NO6. The van der Waals surface area contributed by atoms with Crippen molar-refractivity contribution >= 4 is 5.91 Å². The Hall–Kier alpha value is -3.49. The summed E-state index contributed by atoms with van der Waals surface area (Å²) in [5.74, 6) is -1.60. The molecule has 1 amide bonds. The lowest BCUT2D eigenvalue weighted by atomic mass is 9.93. The van der Waals surface area contributed by atoms with Gasteiger partial charge in [-0.2, -0.15) is 26.3 Å². The number of hydrogen-bond donors (Lipinski definition) is 1. The summed E-state index contributed by atoms with van der Waals surface area (Å²) < 4.78 is 108. The van der Waals surface area contributed by atoms with Gasteiger partial charge in [0.2, 0.25) is 11.9 Å². The molecule has 0 aromatic heterocycles. The number of aliphatic hydroxyl groups excluding tert-OH is 1. The molecule has 0 aliphatic carbocycles. The maximum atomic E-state index is 14.0. The number of ether oxygens (including phenoxy) is 4. The minimum Gasteiger partial charge on any atom is -0.374 e. The molecule has 0 radical (unpaired) electrons. The zero-order chi connectivity index (χ0) is 32.6. The van der Waals surface area contributed by atoms with Crippen LogP contribution in [0.3, 0.4) is 0 Å². The van der Waals surface area contributed by atoms with Crippen molar-refractivity contribution in [2.24, 2.45) is 0 Å². The molecule has 1 aliphatic rings. The van der Waals surface area contributed by atoms with Crippen molar-refractivity contribution < 1.29 is 55.2 Å². The highest BCUT2D eigenvalue weighted by Gasteiger charge is 2.65. The van der Waals surface area contributed by atoms with Crippen molar-refractivity contribution in [3.63, 3.8) is 0 Å². The van der Waals surface area contributed by atoms with Crippen LogP contribution >= 0.6 is 0 Å². The molecule has 0 unspecified atom stereocenters. The third-order valence-electron chi connectivity index (χ3n) is 7.18. The molecule has 1 saturated heterocycles. The van der Waals surface area contributed by atoms with E-state index in [2.05, 4.69) is 0 Å². The monoisotopic (exact) mass is 641 g/mol. The van der Waals surface area contributed by atoms with E-state index in [9.17, 15) is 36.2 Å². The van der Waals surface area contributed by atoms with Gasteiger partial charge in [0, 0.05) is 6.92 Å². The molecule has 0 saturated carbocycles. The quantitative estimate of drug-likeness (QED) is 0.252. The molecular weight excluding hydrogens is 608 g/mol. The Morgan fingerprint density at radius 3 is 1.60 bits per heavy atom. The number of alkyl halides is 6. The first-order chi connectivity index (χ1) is 21.4. The molecule has 0 spiro atoms. The van der Waals surface area contributed by atoms with Gasteiger partial charge in [-0.1, -0.05) is 91.0 Å². The molecule has 3 aromatic carbocycles. The van der Waals surface area contributed by atoms with E-state index in [-0.39, 0.29) is 26.4 Å². The van der Waals surface area contributed by atoms with Crippen molar-refractivity contribution in [2.75, 3.05) is 6.61 Å². The first-order valence-corrected chi connectivity index (χ1v) is 14.0. The van der Waals surface area contributed by atoms with Crippen LogP contribution in [0.2, 0.25) is 0 Å². The largest absolute Gasteiger partial charge is 0.417 e. The van der Waals surface area contributed by atoms with E-state index in [0.717, 1.165) is 5.56 Å². The molecule has 1 fully saturated rings. The Balaban J connectivity index is 1.73. The molecule has 3 aromatic rings. The van der Waals surface area contributed by atoms with E-state index in [1.54, 1.807) is 84.9 Å². The van der Waals surface area contributed by atoms with Crippen molar-refractivity contribution in [2.45, 2.75) is 75.8 Å². The molecule has 0 bridgehead atoms. The van der Waals surface area contributed by atoms with Gasteiger partial charge in [0.15, 0.2) is 6.29 Å². The Kier molecular flexibility index (Phi) is 11.6. The van der Waals surface area contributed by atoms with E-state index < -0.39 is 59.8 Å². The van der Waals surface area contributed by atoms with Crippen LogP contribution < -0.4 is 0 Å². The number of halogens is 6. The average molecular weight is 642 g/mol. The zero-order valence-corrected chi connectivity index (χ0v) is 24.2. The van der Waals surface area contributed by atoms with Gasteiger partial charge in [-0.15, -0.1) is 0 Å². The average Bonchev–Trinajstić information content (AvgIpc) is 2.98. The van der Waals surface area contributed by atoms with Crippen molar-refractivity contribution in [1.82, 2.24) is 4.90 Å². The van der Waals surface area contributed by atoms with Crippen LogP contribution in [0.15, 0.2) is 91.0 Å². The van der Waals surface area contributed by atoms with Gasteiger partial charge in [0.1, 0.15) is 24.4 Å². The molecule has 1 heterocycles. The Bertz CT molecular complexity index is 1310. The topological polar surface area (TPSA) is 77.5 Å².